The van der Waals surface area contributed by atoms with Crippen molar-refractivity contribution in [2.75, 3.05) is 0 Å². The van der Waals surface area contributed by atoms with Crippen LogP contribution in [-0.2, 0) is 4.79 Å². The van der Waals surface area contributed by atoms with E-state index in [1.807, 2.05) is 0 Å². The van der Waals surface area contributed by atoms with Crippen molar-refractivity contribution in [3.8, 4) is 11.5 Å². The molecule has 0 radical (unpaired) electrons. The monoisotopic (exact) mass is 516 g/mol. The van der Waals surface area contributed by atoms with Gasteiger partial charge in [-0.1, -0.05) is 31.9 Å². The summed E-state index contributed by atoms with van der Waals surface area (Å²) in [5, 5.41) is 26.9. The molecule has 8 nitrogen and oxygen atoms in total. The highest BCUT2D eigenvalue weighted by molar-refractivity contribution is 9.10. The number of carbonyl (C=O) groups is 4. The Labute approximate surface area is 176 Å². The molecule has 0 bridgehead atoms. The minimum atomic E-state index is -1.27. The van der Waals surface area contributed by atoms with Crippen molar-refractivity contribution < 1.29 is 39.2 Å². The topological polar surface area (TPSA) is 138 Å². The van der Waals surface area contributed by atoms with Crippen LogP contribution in [0, 0.1) is 0 Å². The van der Waals surface area contributed by atoms with E-state index in [0.717, 1.165) is 0 Å². The SMILES string of the molecule is CC(=O)Oc1ccc(Br)cc1C(=O)O.CC(=O)c1cc(Br)cc(C(=O)O)c1O. The molecular weight excluding hydrogens is 504 g/mol. The molecule has 0 aliphatic carbocycles. The number of rotatable bonds is 4. The second kappa shape index (κ2) is 10.00. The van der Waals surface area contributed by atoms with Gasteiger partial charge in [0.05, 0.1) is 5.56 Å². The fraction of sp³-hybridized carbons (Fsp3) is 0.111. The predicted molar refractivity (Wildman–Crippen MR) is 105 cm³/mol. The Bertz CT molecular complexity index is 918. The molecule has 148 valence electrons. The molecule has 2 aromatic rings. The van der Waals surface area contributed by atoms with Crippen LogP contribution in [0.2, 0.25) is 0 Å². The number of carbonyl (C=O) groups excluding carboxylic acids is 2. The van der Waals surface area contributed by atoms with Crippen molar-refractivity contribution in [1.82, 2.24) is 0 Å². The van der Waals surface area contributed by atoms with E-state index < -0.39 is 23.7 Å². The lowest BCUT2D eigenvalue weighted by molar-refractivity contribution is -0.131. The van der Waals surface area contributed by atoms with Crippen LogP contribution in [0.5, 0.6) is 11.5 Å². The summed E-state index contributed by atoms with van der Waals surface area (Å²) in [6.07, 6.45) is 0. The van der Waals surface area contributed by atoms with Gasteiger partial charge in [0.1, 0.15) is 22.6 Å². The highest BCUT2D eigenvalue weighted by Gasteiger charge is 2.17. The third-order valence-electron chi connectivity index (χ3n) is 3.11. The van der Waals surface area contributed by atoms with Crippen molar-refractivity contribution in [2.45, 2.75) is 13.8 Å². The highest BCUT2D eigenvalue weighted by atomic mass is 79.9. The quantitative estimate of drug-likeness (QED) is 0.312. The molecule has 0 aliphatic heterocycles. The summed E-state index contributed by atoms with van der Waals surface area (Å²) in [5.41, 5.74) is -0.337. The first-order chi connectivity index (χ1) is 12.9. The zero-order valence-electron chi connectivity index (χ0n) is 14.5. The van der Waals surface area contributed by atoms with Gasteiger partial charge in [0.2, 0.25) is 0 Å². The fourth-order valence-corrected chi connectivity index (χ4v) is 2.76. The molecule has 0 saturated heterocycles. The molecule has 0 heterocycles. The van der Waals surface area contributed by atoms with Crippen LogP contribution in [0.25, 0.3) is 0 Å². The number of hydrogen-bond acceptors (Lipinski definition) is 6. The third-order valence-corrected chi connectivity index (χ3v) is 4.06. The zero-order chi connectivity index (χ0) is 21.6. The second-order valence-corrected chi connectivity index (χ2v) is 7.08. The van der Waals surface area contributed by atoms with Gasteiger partial charge in [0.15, 0.2) is 5.78 Å². The number of esters is 1. The number of aromatic carboxylic acids is 2. The molecule has 0 amide bonds. The molecular formula is C18H14Br2O8. The number of hydrogen-bond donors (Lipinski definition) is 3. The first-order valence-corrected chi connectivity index (χ1v) is 9.00. The summed E-state index contributed by atoms with van der Waals surface area (Å²) in [6.45, 7) is 2.47. The molecule has 3 N–H and O–H groups in total. The van der Waals surface area contributed by atoms with E-state index in [2.05, 4.69) is 31.9 Å². The molecule has 2 aromatic carbocycles. The number of benzene rings is 2. The van der Waals surface area contributed by atoms with Crippen LogP contribution in [0.1, 0.15) is 44.9 Å². The molecule has 0 aromatic heterocycles. The Hall–Kier alpha value is -2.72. The first-order valence-electron chi connectivity index (χ1n) is 7.42. The van der Waals surface area contributed by atoms with E-state index in [-0.39, 0.29) is 28.2 Å². The fourth-order valence-electron chi connectivity index (χ4n) is 1.94. The number of ketones is 1. The summed E-state index contributed by atoms with van der Waals surface area (Å²) in [4.78, 5) is 43.1. The molecule has 0 fully saturated rings. The van der Waals surface area contributed by atoms with Gasteiger partial charge in [0.25, 0.3) is 0 Å². The Morgan fingerprint density at radius 3 is 1.79 bits per heavy atom. The third kappa shape index (κ3) is 6.46. The van der Waals surface area contributed by atoms with Gasteiger partial charge in [-0.25, -0.2) is 9.59 Å². The van der Waals surface area contributed by atoms with Gasteiger partial charge in [-0.2, -0.15) is 0 Å². The van der Waals surface area contributed by atoms with Crippen molar-refractivity contribution in [1.29, 1.82) is 0 Å². The Balaban J connectivity index is 0.000000280. The number of halogens is 2. The minimum absolute atomic E-state index is 0.00299. The highest BCUT2D eigenvalue weighted by Crippen LogP contribution is 2.27. The molecule has 0 aliphatic rings. The molecule has 10 heteroatoms. The number of aromatic hydroxyl groups is 1. The molecule has 0 atom stereocenters. The average Bonchev–Trinajstić information content (AvgIpc) is 2.57. The maximum absolute atomic E-state index is 11.0. The van der Waals surface area contributed by atoms with Gasteiger partial charge in [0, 0.05) is 15.9 Å². The standard InChI is InChI=1S/2C9H7BrO4/c1-4(11)6-2-5(10)3-7(8(6)12)9(13)14;1-5(11)14-8-3-2-6(10)4-7(8)9(12)13/h2-3,12H,1H3,(H,13,14);2-4H,1H3,(H,12,13). The van der Waals surface area contributed by atoms with Crippen LogP contribution in [0.4, 0.5) is 0 Å². The van der Waals surface area contributed by atoms with E-state index in [1.54, 1.807) is 6.07 Å². The number of carboxylic acids is 2. The minimum Gasteiger partial charge on any atom is -0.506 e. The zero-order valence-corrected chi connectivity index (χ0v) is 17.7. The number of ether oxygens (including phenoxy) is 1. The van der Waals surface area contributed by atoms with Gasteiger partial charge in [-0.15, -0.1) is 0 Å². The lowest BCUT2D eigenvalue weighted by Crippen LogP contribution is -2.07. The van der Waals surface area contributed by atoms with Crippen LogP contribution in [0.3, 0.4) is 0 Å². The summed E-state index contributed by atoms with van der Waals surface area (Å²) in [7, 11) is 0. The van der Waals surface area contributed by atoms with Gasteiger partial charge in [-0.3, -0.25) is 9.59 Å². The van der Waals surface area contributed by atoms with Crippen LogP contribution in [0.15, 0.2) is 39.3 Å². The number of phenols is 1. The van der Waals surface area contributed by atoms with E-state index >= 15 is 0 Å². The van der Waals surface area contributed by atoms with Crippen molar-refractivity contribution in [3.63, 3.8) is 0 Å². The van der Waals surface area contributed by atoms with Crippen LogP contribution >= 0.6 is 31.9 Å². The molecule has 0 saturated carbocycles. The van der Waals surface area contributed by atoms with E-state index in [1.165, 1.54) is 38.1 Å². The van der Waals surface area contributed by atoms with Crippen molar-refractivity contribution in [3.05, 3.63) is 56.0 Å². The second-order valence-electron chi connectivity index (χ2n) is 5.25. The van der Waals surface area contributed by atoms with Gasteiger partial charge in [-0.05, 0) is 37.3 Å². The lowest BCUT2D eigenvalue weighted by Gasteiger charge is -2.05. The molecule has 28 heavy (non-hydrogen) atoms. The Kier molecular flexibility index (Phi) is 8.33. The largest absolute Gasteiger partial charge is 0.506 e. The smallest absolute Gasteiger partial charge is 0.339 e. The van der Waals surface area contributed by atoms with E-state index in [9.17, 15) is 24.3 Å². The van der Waals surface area contributed by atoms with Crippen molar-refractivity contribution >= 4 is 55.6 Å². The van der Waals surface area contributed by atoms with Crippen molar-refractivity contribution in [2.24, 2.45) is 0 Å². The number of carboxylic acid groups (broad SMARTS) is 2. The first kappa shape index (κ1) is 23.3. The molecule has 0 spiro atoms. The number of Topliss-reactive ketones (excluding diaryl/α,β-unsaturated/α-hetero) is 1. The Morgan fingerprint density at radius 1 is 0.821 bits per heavy atom. The predicted octanol–water partition coefficient (Wildman–Crippen LogP) is 4.13. The van der Waals surface area contributed by atoms with Gasteiger partial charge >= 0.3 is 17.9 Å². The lowest BCUT2D eigenvalue weighted by atomic mass is 10.1. The van der Waals surface area contributed by atoms with E-state index in [4.69, 9.17) is 14.9 Å². The summed E-state index contributed by atoms with van der Waals surface area (Å²) in [5.74, 6) is -3.78. The molecule has 2 rings (SSSR count). The van der Waals surface area contributed by atoms with Gasteiger partial charge < -0.3 is 20.1 Å². The van der Waals surface area contributed by atoms with Crippen LogP contribution in [-0.4, -0.2) is 39.0 Å². The van der Waals surface area contributed by atoms with Crippen LogP contribution < -0.4 is 4.74 Å². The molecule has 0 unspecified atom stereocenters. The summed E-state index contributed by atoms with van der Waals surface area (Å²) in [6, 6.07) is 7.02. The Morgan fingerprint density at radius 2 is 1.32 bits per heavy atom. The summed E-state index contributed by atoms with van der Waals surface area (Å²) >= 11 is 6.18. The van der Waals surface area contributed by atoms with E-state index in [0.29, 0.717) is 8.95 Å². The normalized spacial score (nSPS) is 9.71. The summed E-state index contributed by atoms with van der Waals surface area (Å²) < 4.78 is 5.78. The maximum Gasteiger partial charge on any atom is 0.339 e. The average molecular weight is 518 g/mol. The maximum atomic E-state index is 11.0.